The fraction of sp³-hybridized carbons (Fsp3) is 0.111. The Morgan fingerprint density at radius 2 is 2.44 bits per heavy atom. The van der Waals surface area contributed by atoms with E-state index < -0.39 is 0 Å². The number of hydrazone groups is 1. The van der Waals surface area contributed by atoms with Gasteiger partial charge in [0.25, 0.3) is 5.56 Å². The van der Waals surface area contributed by atoms with Crippen LogP contribution in [0.25, 0.3) is 0 Å². The monoisotopic (exact) mass is 235 g/mol. The maximum Gasteiger partial charge on any atom is 0.274 e. The third-order valence-corrected chi connectivity index (χ3v) is 2.49. The minimum Gasteiger partial charge on any atom is -0.288 e. The number of nitrogens with zero attached hydrogens (tertiary/aromatic N) is 3. The van der Waals surface area contributed by atoms with Crippen molar-refractivity contribution >= 4 is 23.5 Å². The number of nitrogens with one attached hydrogen (secondary N) is 2. The molecule has 0 atom stereocenters. The van der Waals surface area contributed by atoms with E-state index >= 15 is 0 Å². The van der Waals surface area contributed by atoms with Gasteiger partial charge in [-0.25, -0.2) is 5.43 Å². The average Bonchev–Trinajstić information content (AvgIpc) is 2.76. The van der Waals surface area contributed by atoms with Crippen LogP contribution in [0.1, 0.15) is 11.3 Å². The smallest absolute Gasteiger partial charge is 0.274 e. The van der Waals surface area contributed by atoms with E-state index in [-0.39, 0.29) is 11.5 Å². The van der Waals surface area contributed by atoms with Gasteiger partial charge in [-0.3, -0.25) is 9.78 Å². The molecule has 7 heteroatoms. The Balaban J connectivity index is 2.05. The molecule has 0 aromatic carbocycles. The summed E-state index contributed by atoms with van der Waals surface area (Å²) in [5, 5.41) is 15.2. The molecule has 2 N–H and O–H groups in total. The predicted octanol–water partition coefficient (Wildman–Crippen LogP) is 0.981. The molecular weight excluding hydrogens is 226 g/mol. The molecule has 0 saturated carbocycles. The third-order valence-electron chi connectivity index (χ3n) is 1.79. The van der Waals surface area contributed by atoms with Crippen molar-refractivity contribution in [2.45, 2.75) is 6.92 Å². The van der Waals surface area contributed by atoms with Gasteiger partial charge in [-0.2, -0.15) is 16.4 Å². The van der Waals surface area contributed by atoms with Gasteiger partial charge >= 0.3 is 0 Å². The largest absolute Gasteiger partial charge is 0.288 e. The molecule has 16 heavy (non-hydrogen) atoms. The normalized spacial score (nSPS) is 10.8. The molecule has 0 unspecified atom stereocenters. The molecule has 2 rings (SSSR count). The first-order valence-corrected chi connectivity index (χ1v) is 5.45. The van der Waals surface area contributed by atoms with Crippen LogP contribution in [-0.2, 0) is 0 Å². The van der Waals surface area contributed by atoms with Crippen LogP contribution in [0.3, 0.4) is 0 Å². The van der Waals surface area contributed by atoms with E-state index in [0.717, 1.165) is 5.56 Å². The van der Waals surface area contributed by atoms with E-state index in [1.54, 1.807) is 24.5 Å². The number of anilines is 1. The van der Waals surface area contributed by atoms with Crippen LogP contribution in [0.5, 0.6) is 0 Å². The molecule has 0 aliphatic rings. The van der Waals surface area contributed by atoms with Gasteiger partial charge in [-0.15, -0.1) is 10.2 Å². The Labute approximate surface area is 95.1 Å². The van der Waals surface area contributed by atoms with Gasteiger partial charge in [-0.1, -0.05) is 0 Å². The molecule has 2 aromatic heterocycles. The lowest BCUT2D eigenvalue weighted by molar-refractivity contribution is 0.897. The van der Waals surface area contributed by atoms with E-state index in [1.165, 1.54) is 0 Å². The molecule has 0 fully saturated rings. The molecular formula is C9H9N5OS. The van der Waals surface area contributed by atoms with Gasteiger partial charge in [-0.05, 0) is 23.8 Å². The van der Waals surface area contributed by atoms with E-state index in [9.17, 15) is 4.79 Å². The number of thiophene rings is 1. The minimum atomic E-state index is -0.275. The Kier molecular flexibility index (Phi) is 3.06. The number of aryl methyl sites for hydroxylation is 1. The summed E-state index contributed by atoms with van der Waals surface area (Å²) in [7, 11) is 0. The fourth-order valence-electron chi connectivity index (χ4n) is 0.960. The maximum atomic E-state index is 11.2. The third kappa shape index (κ3) is 2.51. The predicted molar refractivity (Wildman–Crippen MR) is 62.9 cm³/mol. The number of aromatic nitrogens is 3. The highest BCUT2D eigenvalue weighted by Crippen LogP contribution is 2.02. The Hall–Kier alpha value is -2.02. The van der Waals surface area contributed by atoms with Gasteiger partial charge in [0.05, 0.1) is 6.21 Å². The van der Waals surface area contributed by atoms with Crippen molar-refractivity contribution < 1.29 is 0 Å². The van der Waals surface area contributed by atoms with Crippen LogP contribution in [0, 0.1) is 6.92 Å². The minimum absolute atomic E-state index is 0.224. The first kappa shape index (κ1) is 10.5. The average molecular weight is 235 g/mol. The van der Waals surface area contributed by atoms with Crippen molar-refractivity contribution in [1.29, 1.82) is 0 Å². The molecule has 0 bridgehead atoms. The van der Waals surface area contributed by atoms with E-state index in [4.69, 9.17) is 0 Å². The summed E-state index contributed by atoms with van der Waals surface area (Å²) in [6.45, 7) is 1.59. The lowest BCUT2D eigenvalue weighted by atomic mass is 10.4. The lowest BCUT2D eigenvalue weighted by Gasteiger charge is -1.96. The fourth-order valence-corrected chi connectivity index (χ4v) is 1.57. The van der Waals surface area contributed by atoms with Crippen molar-refractivity contribution in [2.75, 3.05) is 5.43 Å². The molecule has 2 heterocycles. The summed E-state index contributed by atoms with van der Waals surface area (Å²) in [6.07, 6.45) is 1.64. The summed E-state index contributed by atoms with van der Waals surface area (Å²) in [6, 6.07) is 1.93. The first-order valence-electron chi connectivity index (χ1n) is 4.50. The van der Waals surface area contributed by atoms with Crippen molar-refractivity contribution in [1.82, 2.24) is 15.2 Å². The number of rotatable bonds is 3. The van der Waals surface area contributed by atoms with Gasteiger partial charge in [0.1, 0.15) is 5.69 Å². The van der Waals surface area contributed by atoms with E-state index in [0.29, 0.717) is 5.69 Å². The van der Waals surface area contributed by atoms with Crippen LogP contribution >= 0.6 is 11.3 Å². The quantitative estimate of drug-likeness (QED) is 0.613. The van der Waals surface area contributed by atoms with Crippen LogP contribution in [0.4, 0.5) is 5.95 Å². The Morgan fingerprint density at radius 3 is 3.12 bits per heavy atom. The number of aromatic amines is 1. The second kappa shape index (κ2) is 4.67. The standard InChI is InChI=1S/C9H9N5OS/c1-6-8(15)11-9(14-12-6)13-10-4-7-2-3-16-5-7/h2-5H,1H3,(H2,11,13,14,15)/b10-4-. The van der Waals surface area contributed by atoms with Gasteiger partial charge in [0, 0.05) is 5.56 Å². The van der Waals surface area contributed by atoms with Crippen molar-refractivity contribution in [3.8, 4) is 0 Å². The molecule has 0 amide bonds. The topological polar surface area (TPSA) is 83.0 Å². The zero-order valence-corrected chi connectivity index (χ0v) is 9.28. The Morgan fingerprint density at radius 1 is 1.56 bits per heavy atom. The van der Waals surface area contributed by atoms with Gasteiger partial charge in [0.2, 0.25) is 5.95 Å². The summed E-state index contributed by atoms with van der Waals surface area (Å²) in [4.78, 5) is 13.7. The SMILES string of the molecule is Cc1nnc(N/N=C\c2ccsc2)[nH]c1=O. The molecule has 0 aliphatic heterocycles. The molecule has 0 radical (unpaired) electrons. The molecule has 0 saturated heterocycles. The van der Waals surface area contributed by atoms with Crippen LogP contribution < -0.4 is 11.0 Å². The summed E-state index contributed by atoms with van der Waals surface area (Å²) in [5.74, 6) is 0.224. The molecule has 6 nitrogen and oxygen atoms in total. The van der Waals surface area contributed by atoms with Crippen LogP contribution in [-0.4, -0.2) is 21.4 Å². The van der Waals surface area contributed by atoms with Crippen LogP contribution in [0.15, 0.2) is 26.7 Å². The highest BCUT2D eigenvalue weighted by atomic mass is 32.1. The van der Waals surface area contributed by atoms with E-state index in [1.807, 2.05) is 16.8 Å². The number of hydrogen-bond acceptors (Lipinski definition) is 6. The summed E-state index contributed by atoms with van der Waals surface area (Å²) < 4.78 is 0. The second-order valence-corrected chi connectivity index (χ2v) is 3.79. The van der Waals surface area contributed by atoms with Crippen molar-refractivity contribution in [3.05, 3.63) is 38.4 Å². The molecule has 0 aliphatic carbocycles. The number of H-pyrrole nitrogens is 1. The van der Waals surface area contributed by atoms with Crippen LogP contribution in [0.2, 0.25) is 0 Å². The van der Waals surface area contributed by atoms with E-state index in [2.05, 4.69) is 25.7 Å². The molecule has 82 valence electrons. The molecule has 2 aromatic rings. The van der Waals surface area contributed by atoms with Crippen molar-refractivity contribution in [3.63, 3.8) is 0 Å². The first-order chi connectivity index (χ1) is 7.75. The summed E-state index contributed by atoms with van der Waals surface area (Å²) >= 11 is 1.59. The van der Waals surface area contributed by atoms with Gasteiger partial charge < -0.3 is 0 Å². The molecule has 0 spiro atoms. The summed E-state index contributed by atoms with van der Waals surface area (Å²) in [5.41, 5.74) is 3.63. The lowest BCUT2D eigenvalue weighted by Crippen LogP contribution is -2.15. The van der Waals surface area contributed by atoms with Gasteiger partial charge in [0.15, 0.2) is 0 Å². The zero-order valence-electron chi connectivity index (χ0n) is 8.47. The number of hydrogen-bond donors (Lipinski definition) is 2. The zero-order chi connectivity index (χ0) is 11.4. The second-order valence-electron chi connectivity index (χ2n) is 3.01. The highest BCUT2D eigenvalue weighted by Gasteiger charge is 1.97. The van der Waals surface area contributed by atoms with Crippen molar-refractivity contribution in [2.24, 2.45) is 5.10 Å². The Bertz CT molecular complexity index is 545. The highest BCUT2D eigenvalue weighted by molar-refractivity contribution is 7.08. The maximum absolute atomic E-state index is 11.2.